The molecule has 2 bridgehead atoms. The third-order valence-electron chi connectivity index (χ3n) is 11.3. The first-order valence-electron chi connectivity index (χ1n) is 14.7. The third-order valence-corrected chi connectivity index (χ3v) is 11.3. The van der Waals surface area contributed by atoms with Crippen molar-refractivity contribution in [3.63, 3.8) is 0 Å². The van der Waals surface area contributed by atoms with Crippen LogP contribution in [0.2, 0.25) is 0 Å². The first-order chi connectivity index (χ1) is 18.0. The molecule has 1 aromatic rings. The lowest BCUT2D eigenvalue weighted by Crippen LogP contribution is -2.58. The second-order valence-electron chi connectivity index (χ2n) is 13.9. The van der Waals surface area contributed by atoms with Crippen LogP contribution in [0.4, 0.5) is 4.79 Å². The molecule has 4 fully saturated rings. The van der Waals surface area contributed by atoms with Crippen LogP contribution in [0, 0.1) is 33.5 Å². The number of Topliss-reactive ketones (excluding diaryl/α,β-unsaturated/α-hetero) is 1. The summed E-state index contributed by atoms with van der Waals surface area (Å²) in [5.41, 5.74) is 1.79. The van der Waals surface area contributed by atoms with E-state index in [-0.39, 0.29) is 40.8 Å². The van der Waals surface area contributed by atoms with Gasteiger partial charge in [-0.2, -0.15) is 0 Å². The van der Waals surface area contributed by atoms with E-state index in [0.717, 1.165) is 24.2 Å². The van der Waals surface area contributed by atoms with Gasteiger partial charge in [0, 0.05) is 12.0 Å². The van der Waals surface area contributed by atoms with Crippen LogP contribution in [0.25, 0.3) is 0 Å². The van der Waals surface area contributed by atoms with Crippen molar-refractivity contribution < 1.29 is 23.8 Å². The second-order valence-corrected chi connectivity index (χ2v) is 13.9. The first-order valence-corrected chi connectivity index (χ1v) is 14.7. The number of benzene rings is 1. The van der Waals surface area contributed by atoms with Gasteiger partial charge in [-0.05, 0) is 104 Å². The van der Waals surface area contributed by atoms with E-state index < -0.39 is 0 Å². The van der Waals surface area contributed by atoms with Crippen LogP contribution in [-0.4, -0.2) is 38.3 Å². The van der Waals surface area contributed by atoms with E-state index in [2.05, 4.69) is 26.1 Å². The average molecular weight is 526 g/mol. The van der Waals surface area contributed by atoms with E-state index in [1.807, 2.05) is 24.3 Å². The third kappa shape index (κ3) is 4.87. The molecule has 1 unspecified atom stereocenters. The van der Waals surface area contributed by atoms with Crippen molar-refractivity contribution in [2.75, 3.05) is 20.3 Å². The molecule has 6 heteroatoms. The number of amides is 1. The Morgan fingerprint density at radius 2 is 1.74 bits per heavy atom. The van der Waals surface area contributed by atoms with Gasteiger partial charge in [-0.15, -0.1) is 0 Å². The van der Waals surface area contributed by atoms with Crippen molar-refractivity contribution >= 4 is 11.9 Å². The summed E-state index contributed by atoms with van der Waals surface area (Å²) < 4.78 is 17.4. The molecule has 0 saturated heterocycles. The smallest absolute Gasteiger partial charge is 0.407 e. The normalized spacial score (nSPS) is 39.6. The molecule has 7 atom stereocenters. The van der Waals surface area contributed by atoms with Crippen molar-refractivity contribution in [1.82, 2.24) is 5.32 Å². The van der Waals surface area contributed by atoms with E-state index >= 15 is 0 Å². The molecule has 0 radical (unpaired) electrons. The molecule has 6 nitrogen and oxygen atoms in total. The van der Waals surface area contributed by atoms with Gasteiger partial charge in [-0.3, -0.25) is 4.79 Å². The number of carbonyl (C=O) groups excluding carboxylic acids is 2. The van der Waals surface area contributed by atoms with Crippen LogP contribution in [0.3, 0.4) is 0 Å². The fourth-order valence-electron chi connectivity index (χ4n) is 9.69. The number of hydrogen-bond donors (Lipinski definition) is 1. The summed E-state index contributed by atoms with van der Waals surface area (Å²) in [5.74, 6) is 2.15. The summed E-state index contributed by atoms with van der Waals surface area (Å²) in [6, 6.07) is 7.72. The molecule has 0 aromatic heterocycles. The standard InChI is InChI=1S/C32H47NO5/c1-22(34)19-37-27-17-32-16-12-25-30(3,13-6-14-31(25,4)26(32)11-15-29(27,2)20-32)21-38-28(35)33-18-23-7-9-24(36-5)10-8-23/h7-10,25-27H,6,11-21H2,1-5H3,(H,33,35)/t25-,26?,27-,29-,30+,31-,32+/m1/s1. The molecule has 1 aromatic carbocycles. The van der Waals surface area contributed by atoms with Gasteiger partial charge in [0.05, 0.1) is 19.8 Å². The Kier molecular flexibility index (Phi) is 7.34. The summed E-state index contributed by atoms with van der Waals surface area (Å²) in [6.45, 7) is 10.1. The van der Waals surface area contributed by atoms with Crippen molar-refractivity contribution in [1.29, 1.82) is 0 Å². The number of alkyl carbamates (subject to hydrolysis) is 1. The number of hydrogen-bond acceptors (Lipinski definition) is 5. The molecular weight excluding hydrogens is 478 g/mol. The second kappa shape index (κ2) is 10.1. The summed E-state index contributed by atoms with van der Waals surface area (Å²) >= 11 is 0. The minimum Gasteiger partial charge on any atom is -0.497 e. The Morgan fingerprint density at radius 1 is 1.00 bits per heavy atom. The van der Waals surface area contributed by atoms with E-state index in [1.54, 1.807) is 14.0 Å². The Bertz CT molecular complexity index is 1040. The molecular formula is C32H47NO5. The zero-order valence-corrected chi connectivity index (χ0v) is 24.1. The zero-order chi connectivity index (χ0) is 27.2. The SMILES string of the molecule is COc1ccc(CNC(=O)OC[C@]2(C)CCC[C@@]3(C)C4CC[C@]5(C)C[C@]4(CC[C@H]23)C[C@H]5OCC(C)=O)cc1. The van der Waals surface area contributed by atoms with Gasteiger partial charge in [0.1, 0.15) is 12.4 Å². The monoisotopic (exact) mass is 525 g/mol. The minimum atomic E-state index is -0.337. The summed E-state index contributed by atoms with van der Waals surface area (Å²) in [7, 11) is 1.65. The van der Waals surface area contributed by atoms with Crippen LogP contribution in [0.5, 0.6) is 5.75 Å². The van der Waals surface area contributed by atoms with Gasteiger partial charge in [0.15, 0.2) is 5.78 Å². The van der Waals surface area contributed by atoms with Crippen molar-refractivity contribution in [2.24, 2.45) is 33.5 Å². The predicted molar refractivity (Wildman–Crippen MR) is 147 cm³/mol. The quantitative estimate of drug-likeness (QED) is 0.409. The van der Waals surface area contributed by atoms with Gasteiger partial charge >= 0.3 is 6.09 Å². The molecule has 1 N–H and O–H groups in total. The molecule has 0 heterocycles. The van der Waals surface area contributed by atoms with Crippen LogP contribution >= 0.6 is 0 Å². The lowest BCUT2D eigenvalue weighted by Gasteiger charge is -2.64. The number of ketones is 1. The van der Waals surface area contributed by atoms with Gasteiger partial charge in [0.2, 0.25) is 0 Å². The maximum atomic E-state index is 12.7. The number of carbonyl (C=O) groups is 2. The molecule has 38 heavy (non-hydrogen) atoms. The number of fused-ring (bicyclic) bond motifs is 3. The fourth-order valence-corrected chi connectivity index (χ4v) is 9.69. The average Bonchev–Trinajstić information content (AvgIpc) is 3.09. The zero-order valence-electron chi connectivity index (χ0n) is 24.1. The van der Waals surface area contributed by atoms with E-state index in [0.29, 0.717) is 30.4 Å². The summed E-state index contributed by atoms with van der Waals surface area (Å²) in [6.07, 6.45) is 10.6. The Labute approximate surface area is 228 Å². The van der Waals surface area contributed by atoms with Gasteiger partial charge < -0.3 is 19.5 Å². The van der Waals surface area contributed by atoms with Crippen molar-refractivity contribution in [2.45, 2.75) is 98.1 Å². The molecule has 4 aliphatic carbocycles. The highest BCUT2D eigenvalue weighted by Crippen LogP contribution is 2.74. The lowest BCUT2D eigenvalue weighted by molar-refractivity contribution is -0.163. The largest absolute Gasteiger partial charge is 0.497 e. The first kappa shape index (κ1) is 27.5. The highest BCUT2D eigenvalue weighted by Gasteiger charge is 2.67. The van der Waals surface area contributed by atoms with E-state index in [9.17, 15) is 9.59 Å². The van der Waals surface area contributed by atoms with E-state index in [4.69, 9.17) is 14.2 Å². The number of methoxy groups -OCH3 is 1. The molecule has 5 rings (SSSR count). The van der Waals surface area contributed by atoms with Gasteiger partial charge in [-0.25, -0.2) is 4.79 Å². The molecule has 1 amide bonds. The van der Waals surface area contributed by atoms with Crippen LogP contribution in [0.1, 0.15) is 91.0 Å². The van der Waals surface area contributed by atoms with Crippen molar-refractivity contribution in [3.8, 4) is 5.75 Å². The molecule has 1 spiro atoms. The minimum absolute atomic E-state index is 0.00402. The lowest BCUT2D eigenvalue weighted by atomic mass is 9.40. The van der Waals surface area contributed by atoms with Crippen molar-refractivity contribution in [3.05, 3.63) is 29.8 Å². The number of nitrogens with one attached hydrogen (secondary N) is 1. The maximum Gasteiger partial charge on any atom is 0.407 e. The number of rotatable bonds is 8. The van der Waals surface area contributed by atoms with Crippen LogP contribution in [-0.2, 0) is 20.8 Å². The number of ether oxygens (including phenoxy) is 3. The highest BCUT2D eigenvalue weighted by molar-refractivity contribution is 5.76. The Hall–Kier alpha value is -2.08. The summed E-state index contributed by atoms with van der Waals surface area (Å²) in [4.78, 5) is 24.3. The Morgan fingerprint density at radius 3 is 2.45 bits per heavy atom. The van der Waals surface area contributed by atoms with Crippen LogP contribution in [0.15, 0.2) is 24.3 Å². The summed E-state index contributed by atoms with van der Waals surface area (Å²) in [5, 5.41) is 2.93. The highest BCUT2D eigenvalue weighted by atomic mass is 16.5. The maximum absolute atomic E-state index is 12.7. The Balaban J connectivity index is 1.23. The van der Waals surface area contributed by atoms with E-state index in [1.165, 1.54) is 44.9 Å². The topological polar surface area (TPSA) is 73.9 Å². The van der Waals surface area contributed by atoms with Crippen LogP contribution < -0.4 is 10.1 Å². The fraction of sp³-hybridized carbons (Fsp3) is 0.750. The molecule has 0 aliphatic heterocycles. The predicted octanol–water partition coefficient (Wildman–Crippen LogP) is 6.70. The molecule has 210 valence electrons. The van der Waals surface area contributed by atoms with Gasteiger partial charge in [0.25, 0.3) is 0 Å². The van der Waals surface area contributed by atoms with Gasteiger partial charge in [-0.1, -0.05) is 39.3 Å². The molecule has 4 saturated carbocycles. The molecule has 4 aliphatic rings.